The number of nitrogens with zero attached hydrogens (tertiary/aromatic N) is 2. The van der Waals surface area contributed by atoms with Crippen LogP contribution in [0.5, 0.6) is 0 Å². The van der Waals surface area contributed by atoms with E-state index in [1.807, 2.05) is 6.92 Å². The molecular formula is C16H17F3N2O3S. The lowest BCUT2D eigenvalue weighted by molar-refractivity contribution is -0.151. The summed E-state index contributed by atoms with van der Waals surface area (Å²) >= 11 is 1.08. The van der Waals surface area contributed by atoms with Gasteiger partial charge in [-0.2, -0.15) is 13.2 Å². The molecule has 1 aromatic heterocycles. The highest BCUT2D eigenvalue weighted by Crippen LogP contribution is 2.40. The van der Waals surface area contributed by atoms with Gasteiger partial charge in [0.25, 0.3) is 0 Å². The topological polar surface area (TPSA) is 61.3 Å². The summed E-state index contributed by atoms with van der Waals surface area (Å²) in [5, 5.41) is -0.264. The first kappa shape index (κ1) is 17.2. The van der Waals surface area contributed by atoms with Gasteiger partial charge in [0.05, 0.1) is 12.7 Å². The molecule has 0 saturated carbocycles. The van der Waals surface area contributed by atoms with Gasteiger partial charge in [-0.1, -0.05) is 18.7 Å². The Morgan fingerprint density at radius 2 is 2.04 bits per heavy atom. The van der Waals surface area contributed by atoms with E-state index in [2.05, 4.69) is 9.97 Å². The Morgan fingerprint density at radius 1 is 1.24 bits per heavy atom. The third kappa shape index (κ3) is 3.29. The van der Waals surface area contributed by atoms with Crippen LogP contribution in [0.2, 0.25) is 0 Å². The van der Waals surface area contributed by atoms with E-state index in [9.17, 15) is 18.0 Å². The average Bonchev–Trinajstić information content (AvgIpc) is 2.97. The summed E-state index contributed by atoms with van der Waals surface area (Å²) in [6.45, 7) is 2.20. The number of ether oxygens (including phenoxy) is 2. The molecule has 0 radical (unpaired) electrons. The number of carbonyl (C=O) groups excluding carboxylic acids is 1. The lowest BCUT2D eigenvalue weighted by Gasteiger charge is -2.27. The molecule has 3 heterocycles. The monoisotopic (exact) mass is 374 g/mol. The van der Waals surface area contributed by atoms with Crippen molar-refractivity contribution >= 4 is 17.5 Å². The van der Waals surface area contributed by atoms with E-state index in [0.717, 1.165) is 18.2 Å². The molecule has 0 amide bonds. The predicted molar refractivity (Wildman–Crippen MR) is 82.1 cm³/mol. The first-order chi connectivity index (χ1) is 11.8. The van der Waals surface area contributed by atoms with Gasteiger partial charge < -0.3 is 9.47 Å². The minimum Gasteiger partial charge on any atom is -0.343 e. The fourth-order valence-corrected chi connectivity index (χ4v) is 4.63. The van der Waals surface area contributed by atoms with Crippen LogP contribution in [0, 0.1) is 5.92 Å². The third-order valence-electron chi connectivity index (χ3n) is 4.81. The van der Waals surface area contributed by atoms with Gasteiger partial charge in [-0.05, 0) is 25.2 Å². The average molecular weight is 374 g/mol. The van der Waals surface area contributed by atoms with E-state index in [4.69, 9.17) is 9.47 Å². The number of thioether (sulfide) groups is 1. The molecule has 3 aliphatic rings. The molecule has 2 bridgehead atoms. The fraction of sp³-hybridized carbons (Fsp3) is 0.688. The summed E-state index contributed by atoms with van der Waals surface area (Å²) in [5.74, 6) is 0.00159. The molecule has 0 N–H and O–H groups in total. The van der Waals surface area contributed by atoms with Gasteiger partial charge in [0.2, 0.25) is 6.29 Å². The van der Waals surface area contributed by atoms with Gasteiger partial charge in [0, 0.05) is 22.9 Å². The van der Waals surface area contributed by atoms with Crippen LogP contribution in [0.15, 0.2) is 5.16 Å². The summed E-state index contributed by atoms with van der Waals surface area (Å²) in [4.78, 5) is 20.0. The van der Waals surface area contributed by atoms with E-state index in [1.54, 1.807) is 0 Å². The van der Waals surface area contributed by atoms with Crippen LogP contribution in [0.4, 0.5) is 13.2 Å². The van der Waals surface area contributed by atoms with Crippen LogP contribution in [-0.2, 0) is 33.3 Å². The molecule has 0 unspecified atom stereocenters. The molecule has 9 heteroatoms. The molecule has 5 nitrogen and oxygen atoms in total. The van der Waals surface area contributed by atoms with Crippen molar-refractivity contribution in [1.82, 2.24) is 9.97 Å². The smallest absolute Gasteiger partial charge is 0.343 e. The van der Waals surface area contributed by atoms with Gasteiger partial charge in [-0.25, -0.2) is 9.97 Å². The summed E-state index contributed by atoms with van der Waals surface area (Å²) in [7, 11) is 0. The Morgan fingerprint density at radius 3 is 2.80 bits per heavy atom. The Labute approximate surface area is 146 Å². The normalized spacial score (nSPS) is 31.9. The number of aromatic nitrogens is 2. The third-order valence-corrected chi connectivity index (χ3v) is 5.98. The number of halogens is 3. The lowest BCUT2D eigenvalue weighted by Crippen LogP contribution is -2.37. The number of ketones is 1. The zero-order valence-electron chi connectivity index (χ0n) is 13.5. The highest BCUT2D eigenvalue weighted by molar-refractivity contribution is 7.99. The molecule has 25 heavy (non-hydrogen) atoms. The van der Waals surface area contributed by atoms with Crippen molar-refractivity contribution in [3.8, 4) is 0 Å². The van der Waals surface area contributed by atoms with E-state index in [0.29, 0.717) is 18.5 Å². The number of hydrogen-bond acceptors (Lipinski definition) is 6. The standard InChI is InChI=1S/C16H17F3N2O3S/c1-7-2-3-9-8(4-7)13(16(17,18)19)21-15(20-9)25-12-5-10(22)14-23-6-11(12)24-14/h7,11-12,14H,2-6H2,1H3/t7-,11+,12-,14-/m0/s1. The summed E-state index contributed by atoms with van der Waals surface area (Å²) < 4.78 is 51.1. The van der Waals surface area contributed by atoms with Crippen molar-refractivity contribution < 1.29 is 27.4 Å². The number of rotatable bonds is 2. The van der Waals surface area contributed by atoms with Crippen molar-refractivity contribution in [2.45, 2.75) is 61.6 Å². The van der Waals surface area contributed by atoms with Gasteiger partial charge in [0.15, 0.2) is 16.6 Å². The number of hydrogen-bond donors (Lipinski definition) is 0. The molecule has 0 spiro atoms. The molecule has 4 atom stereocenters. The first-order valence-corrected chi connectivity index (χ1v) is 9.12. The van der Waals surface area contributed by atoms with E-state index in [1.165, 1.54) is 0 Å². The highest BCUT2D eigenvalue weighted by Gasteiger charge is 2.45. The molecule has 1 aliphatic carbocycles. The summed E-state index contributed by atoms with van der Waals surface area (Å²) in [6, 6.07) is 0. The molecule has 2 aliphatic heterocycles. The second-order valence-electron chi connectivity index (χ2n) is 6.79. The van der Waals surface area contributed by atoms with Crippen molar-refractivity contribution in [2.75, 3.05) is 6.61 Å². The van der Waals surface area contributed by atoms with Crippen molar-refractivity contribution in [1.29, 1.82) is 0 Å². The maximum Gasteiger partial charge on any atom is 0.433 e. The van der Waals surface area contributed by atoms with Crippen LogP contribution < -0.4 is 0 Å². The van der Waals surface area contributed by atoms with Crippen LogP contribution in [-0.4, -0.2) is 40.0 Å². The Hall–Kier alpha value is -1.19. The van der Waals surface area contributed by atoms with Gasteiger partial charge >= 0.3 is 6.18 Å². The van der Waals surface area contributed by atoms with Crippen molar-refractivity contribution in [3.05, 3.63) is 17.0 Å². The summed E-state index contributed by atoms with van der Waals surface area (Å²) in [5.41, 5.74) is -0.141. The zero-order valence-corrected chi connectivity index (χ0v) is 14.3. The molecule has 0 aromatic carbocycles. The maximum absolute atomic E-state index is 13.5. The van der Waals surface area contributed by atoms with Gasteiger partial charge in [-0.15, -0.1) is 0 Å². The first-order valence-electron chi connectivity index (χ1n) is 8.24. The second-order valence-corrected chi connectivity index (χ2v) is 8.00. The fourth-order valence-electron chi connectivity index (χ4n) is 3.51. The number of fused-ring (bicyclic) bond motifs is 3. The SMILES string of the molecule is C[C@H]1CCc2nc(S[C@H]3CC(=O)[C@H]4OC[C@H]3O4)nc(C(F)(F)F)c2C1. The largest absolute Gasteiger partial charge is 0.433 e. The molecular weight excluding hydrogens is 357 g/mol. The highest BCUT2D eigenvalue weighted by atomic mass is 32.2. The summed E-state index contributed by atoms with van der Waals surface area (Å²) in [6.07, 6.45) is -3.78. The van der Waals surface area contributed by atoms with Crippen molar-refractivity contribution in [2.24, 2.45) is 5.92 Å². The number of aryl methyl sites for hydroxylation is 1. The van der Waals surface area contributed by atoms with E-state index >= 15 is 0 Å². The van der Waals surface area contributed by atoms with E-state index < -0.39 is 18.2 Å². The Balaban J connectivity index is 1.65. The molecule has 2 saturated heterocycles. The minimum absolute atomic E-state index is 0.0624. The Bertz CT molecular complexity index is 713. The van der Waals surface area contributed by atoms with Crippen LogP contribution >= 0.6 is 11.8 Å². The second kappa shape index (κ2) is 6.21. The predicted octanol–water partition coefficient (Wildman–Crippen LogP) is 2.80. The quantitative estimate of drug-likeness (QED) is 0.742. The van der Waals surface area contributed by atoms with Crippen molar-refractivity contribution in [3.63, 3.8) is 0 Å². The molecule has 4 rings (SSSR count). The van der Waals surface area contributed by atoms with Gasteiger partial charge in [-0.3, -0.25) is 4.79 Å². The Kier molecular flexibility index (Phi) is 4.28. The number of Topliss-reactive ketones (excluding diaryl/α,β-unsaturated/α-hetero) is 1. The van der Waals surface area contributed by atoms with Crippen LogP contribution in [0.25, 0.3) is 0 Å². The zero-order chi connectivity index (χ0) is 17.8. The number of alkyl halides is 3. The van der Waals surface area contributed by atoms with Crippen LogP contribution in [0.1, 0.15) is 36.7 Å². The van der Waals surface area contributed by atoms with E-state index in [-0.39, 0.29) is 46.8 Å². The minimum atomic E-state index is -4.51. The lowest BCUT2D eigenvalue weighted by atomic mass is 9.87. The van der Waals surface area contributed by atoms with Gasteiger partial charge in [0.1, 0.15) is 0 Å². The molecule has 2 fully saturated rings. The number of carbonyl (C=O) groups is 1. The van der Waals surface area contributed by atoms with Crippen LogP contribution in [0.3, 0.4) is 0 Å². The molecule has 136 valence electrons. The maximum atomic E-state index is 13.5. The molecule has 1 aromatic rings.